The van der Waals surface area contributed by atoms with Crippen molar-refractivity contribution in [3.05, 3.63) is 35.5 Å². The highest BCUT2D eigenvalue weighted by molar-refractivity contribution is 5.59. The van der Waals surface area contributed by atoms with Gasteiger partial charge < -0.3 is 9.47 Å². The first-order valence-corrected chi connectivity index (χ1v) is 9.78. The fourth-order valence-corrected chi connectivity index (χ4v) is 4.69. The van der Waals surface area contributed by atoms with Gasteiger partial charge in [0.05, 0.1) is 11.3 Å². The highest BCUT2D eigenvalue weighted by Gasteiger charge is 2.57. The van der Waals surface area contributed by atoms with Gasteiger partial charge in [0.1, 0.15) is 12.5 Å². The molecule has 0 unspecified atom stereocenters. The zero-order valence-corrected chi connectivity index (χ0v) is 15.6. The molecule has 1 saturated heterocycles. The van der Waals surface area contributed by atoms with E-state index < -0.39 is 11.7 Å². The Morgan fingerprint density at radius 3 is 2.50 bits per heavy atom. The predicted molar refractivity (Wildman–Crippen MR) is 95.6 cm³/mol. The third-order valence-corrected chi connectivity index (χ3v) is 6.34. The van der Waals surface area contributed by atoms with E-state index in [9.17, 15) is 17.6 Å². The number of alkyl halides is 4. The largest absolute Gasteiger partial charge is 0.418 e. The maximum Gasteiger partial charge on any atom is 0.418 e. The van der Waals surface area contributed by atoms with Crippen molar-refractivity contribution in [3.8, 4) is 11.3 Å². The fraction of sp³-hybridized carbons (Fsp3) is 0.600. The lowest BCUT2D eigenvalue weighted by atomic mass is 10.1. The van der Waals surface area contributed by atoms with Crippen molar-refractivity contribution < 1.29 is 17.6 Å². The maximum absolute atomic E-state index is 13.3. The number of fused-ring (bicyclic) bond motifs is 1. The number of imidazole rings is 1. The molecule has 0 bridgehead atoms. The number of pyridine rings is 1. The van der Waals surface area contributed by atoms with Crippen molar-refractivity contribution in [2.45, 2.75) is 37.9 Å². The lowest BCUT2D eigenvalue weighted by Gasteiger charge is -2.18. The summed E-state index contributed by atoms with van der Waals surface area (Å²) in [5, 5.41) is 0. The van der Waals surface area contributed by atoms with Crippen molar-refractivity contribution in [2.24, 2.45) is 11.8 Å². The van der Waals surface area contributed by atoms with Crippen LogP contribution in [0.2, 0.25) is 0 Å². The van der Waals surface area contributed by atoms with Crippen molar-refractivity contribution in [2.75, 3.05) is 26.3 Å². The topological polar surface area (TPSA) is 34.0 Å². The minimum absolute atomic E-state index is 0.0252. The van der Waals surface area contributed by atoms with E-state index in [4.69, 9.17) is 4.98 Å². The summed E-state index contributed by atoms with van der Waals surface area (Å²) in [4.78, 5) is 10.8. The molecular weight excluding hydrogens is 372 g/mol. The summed E-state index contributed by atoms with van der Waals surface area (Å²) in [6.45, 7) is 3.31. The van der Waals surface area contributed by atoms with Gasteiger partial charge in [-0.25, -0.2) is 9.37 Å². The quantitative estimate of drug-likeness (QED) is 0.712. The van der Waals surface area contributed by atoms with Crippen LogP contribution >= 0.6 is 0 Å². The number of aryl methyl sites for hydroxylation is 1. The third kappa shape index (κ3) is 3.02. The number of rotatable bonds is 5. The Hall–Kier alpha value is -1.96. The summed E-state index contributed by atoms with van der Waals surface area (Å²) in [6.07, 6.45) is 1.11. The molecule has 2 saturated carbocycles. The zero-order chi connectivity index (χ0) is 19.6. The molecule has 3 atom stereocenters. The average molecular weight is 394 g/mol. The van der Waals surface area contributed by atoms with E-state index in [2.05, 4.69) is 14.5 Å². The third-order valence-electron chi connectivity index (χ3n) is 6.34. The zero-order valence-electron chi connectivity index (χ0n) is 15.6. The summed E-state index contributed by atoms with van der Waals surface area (Å²) in [6, 6.07) is 1.50. The molecule has 3 fully saturated rings. The van der Waals surface area contributed by atoms with E-state index in [1.807, 2.05) is 6.20 Å². The Labute approximate surface area is 160 Å². The van der Waals surface area contributed by atoms with E-state index in [0.29, 0.717) is 41.6 Å². The van der Waals surface area contributed by atoms with Crippen LogP contribution in [0.4, 0.5) is 17.6 Å². The molecule has 0 radical (unpaired) electrons. The van der Waals surface area contributed by atoms with Gasteiger partial charge in [-0.2, -0.15) is 13.2 Å². The van der Waals surface area contributed by atoms with E-state index in [-0.39, 0.29) is 12.4 Å². The smallest absolute Gasteiger partial charge is 0.330 e. The lowest BCUT2D eigenvalue weighted by molar-refractivity contribution is -0.138. The van der Waals surface area contributed by atoms with Crippen LogP contribution in [0.5, 0.6) is 0 Å². The summed E-state index contributed by atoms with van der Waals surface area (Å²) in [7, 11) is 0. The van der Waals surface area contributed by atoms with Crippen LogP contribution < -0.4 is 0 Å². The predicted octanol–water partition coefficient (Wildman–Crippen LogP) is 4.22. The van der Waals surface area contributed by atoms with Gasteiger partial charge in [-0.3, -0.25) is 4.98 Å². The van der Waals surface area contributed by atoms with Crippen LogP contribution in [0.1, 0.15) is 41.9 Å². The van der Waals surface area contributed by atoms with Crippen molar-refractivity contribution in [3.63, 3.8) is 0 Å². The number of hydrogen-bond donors (Lipinski definition) is 0. The Morgan fingerprint density at radius 2 is 1.89 bits per heavy atom. The molecule has 3 aliphatic rings. The monoisotopic (exact) mass is 394 g/mol. The standard InChI is InChI=1S/C20H22F4N4/c1-11-16(20(22,23)24)6-13(7-25-11)17-10-28(19(26-17)12-2-3-12)18-14-8-27(5-4-21)9-15(14)18/h6-7,10,12,14-15,18H,2-5,8-9H2,1H3/t14-,15+,18+. The highest BCUT2D eigenvalue weighted by atomic mass is 19.4. The first-order chi connectivity index (χ1) is 13.4. The maximum atomic E-state index is 13.3. The van der Waals surface area contributed by atoms with E-state index in [1.165, 1.54) is 13.1 Å². The normalized spacial score (nSPS) is 27.2. The Bertz CT molecular complexity index is 890. The van der Waals surface area contributed by atoms with Crippen molar-refractivity contribution in [1.82, 2.24) is 19.4 Å². The van der Waals surface area contributed by atoms with Gasteiger partial charge in [0, 0.05) is 55.2 Å². The average Bonchev–Trinajstić information content (AvgIpc) is 3.51. The number of likely N-dealkylation sites (tertiary alicyclic amines) is 1. The molecule has 150 valence electrons. The van der Waals surface area contributed by atoms with Gasteiger partial charge in [-0.05, 0) is 37.7 Å². The van der Waals surface area contributed by atoms with Crippen LogP contribution in [0.15, 0.2) is 18.5 Å². The molecule has 2 aromatic heterocycles. The first-order valence-electron chi connectivity index (χ1n) is 9.78. The molecule has 0 aromatic carbocycles. The van der Waals surface area contributed by atoms with Gasteiger partial charge in [0.15, 0.2) is 0 Å². The molecule has 4 nitrogen and oxygen atoms in total. The summed E-state index contributed by atoms with van der Waals surface area (Å²) in [5.74, 6) is 2.37. The number of hydrogen-bond acceptors (Lipinski definition) is 3. The molecule has 1 aliphatic heterocycles. The lowest BCUT2D eigenvalue weighted by Crippen LogP contribution is -2.27. The molecule has 0 spiro atoms. The minimum Gasteiger partial charge on any atom is -0.330 e. The second-order valence-electron chi connectivity index (χ2n) is 8.29. The molecule has 2 aromatic rings. The number of halogens is 4. The van der Waals surface area contributed by atoms with Crippen LogP contribution in [0.3, 0.4) is 0 Å². The number of aromatic nitrogens is 3. The molecule has 3 heterocycles. The first kappa shape index (κ1) is 18.1. The molecule has 2 aliphatic carbocycles. The second kappa shape index (κ2) is 6.27. The molecule has 5 rings (SSSR count). The van der Waals surface area contributed by atoms with Gasteiger partial charge >= 0.3 is 6.18 Å². The Morgan fingerprint density at radius 1 is 1.18 bits per heavy atom. The molecule has 28 heavy (non-hydrogen) atoms. The second-order valence-corrected chi connectivity index (χ2v) is 8.29. The van der Waals surface area contributed by atoms with Gasteiger partial charge in [0.25, 0.3) is 0 Å². The molecule has 0 N–H and O–H groups in total. The summed E-state index contributed by atoms with van der Waals surface area (Å²) < 4.78 is 54.6. The molecular formula is C20H22F4N4. The highest BCUT2D eigenvalue weighted by Crippen LogP contribution is 2.57. The molecule has 0 amide bonds. The van der Waals surface area contributed by atoms with Crippen LogP contribution in [0, 0.1) is 18.8 Å². The van der Waals surface area contributed by atoms with Crippen molar-refractivity contribution >= 4 is 0 Å². The van der Waals surface area contributed by atoms with E-state index in [1.54, 1.807) is 0 Å². The Balaban J connectivity index is 1.45. The fourth-order valence-electron chi connectivity index (χ4n) is 4.69. The van der Waals surface area contributed by atoms with E-state index >= 15 is 0 Å². The van der Waals surface area contributed by atoms with Crippen LogP contribution in [-0.2, 0) is 6.18 Å². The SMILES string of the molecule is Cc1ncc(-c2cn([C@H]3[C@@H]4CN(CCF)C[C@@H]43)c(C3CC3)n2)cc1C(F)(F)F. The summed E-state index contributed by atoms with van der Waals surface area (Å²) in [5.41, 5.74) is 0.231. The van der Waals surface area contributed by atoms with E-state index in [0.717, 1.165) is 37.8 Å². The van der Waals surface area contributed by atoms with Gasteiger partial charge in [-0.1, -0.05) is 0 Å². The van der Waals surface area contributed by atoms with Crippen LogP contribution in [-0.4, -0.2) is 45.7 Å². The Kier molecular flexibility index (Phi) is 4.05. The number of piperidine rings is 1. The molecule has 8 heteroatoms. The van der Waals surface area contributed by atoms with Crippen LogP contribution in [0.25, 0.3) is 11.3 Å². The minimum atomic E-state index is -4.43. The van der Waals surface area contributed by atoms with Gasteiger partial charge in [0.2, 0.25) is 0 Å². The number of nitrogens with zero attached hydrogens (tertiary/aromatic N) is 4. The van der Waals surface area contributed by atoms with Crippen molar-refractivity contribution in [1.29, 1.82) is 0 Å². The summed E-state index contributed by atoms with van der Waals surface area (Å²) >= 11 is 0. The van der Waals surface area contributed by atoms with Gasteiger partial charge in [-0.15, -0.1) is 0 Å².